The first-order valence-electron chi connectivity index (χ1n) is 7.38. The molecule has 7 heteroatoms. The Morgan fingerprint density at radius 3 is 2.68 bits per heavy atom. The van der Waals surface area contributed by atoms with Crippen LogP contribution in [0.1, 0.15) is 18.1 Å². The third-order valence-electron chi connectivity index (χ3n) is 4.03. The van der Waals surface area contributed by atoms with Gasteiger partial charge in [0.2, 0.25) is 0 Å². The summed E-state index contributed by atoms with van der Waals surface area (Å²) >= 11 is 0. The quantitative estimate of drug-likeness (QED) is 0.873. The number of alkyl halides is 2. The maximum atomic E-state index is 13.2. The van der Waals surface area contributed by atoms with Crippen LogP contribution in [0.2, 0.25) is 0 Å². The zero-order valence-electron chi connectivity index (χ0n) is 12.2. The highest BCUT2D eigenvalue weighted by Gasteiger charge is 2.39. The van der Waals surface area contributed by atoms with Crippen LogP contribution in [-0.2, 0) is 0 Å². The molecule has 1 fully saturated rings. The minimum atomic E-state index is -2.65. The van der Waals surface area contributed by atoms with Gasteiger partial charge in [0, 0.05) is 25.6 Å². The second-order valence-corrected chi connectivity index (χ2v) is 5.85. The lowest BCUT2D eigenvalue weighted by Crippen LogP contribution is -2.41. The van der Waals surface area contributed by atoms with E-state index in [0.29, 0.717) is 36.8 Å². The van der Waals surface area contributed by atoms with Gasteiger partial charge in [-0.15, -0.1) is 0 Å². The van der Waals surface area contributed by atoms with Crippen molar-refractivity contribution in [2.24, 2.45) is 5.73 Å². The van der Waals surface area contributed by atoms with E-state index in [1.54, 1.807) is 23.1 Å². The molecule has 0 radical (unpaired) electrons. The number of fused-ring (bicyclic) bond motifs is 1. The number of nitrogens with two attached hydrogens (primary N) is 1. The van der Waals surface area contributed by atoms with Crippen LogP contribution in [0.15, 0.2) is 18.2 Å². The SMILES string of the molecule is N[C@H](CN1CCC(F)(F)C1)[C@H](O)c1ccc2c(c1)OCCO2. The second kappa shape index (κ2) is 5.98. The number of nitrogens with zero attached hydrogens (tertiary/aromatic N) is 1. The van der Waals surface area contributed by atoms with Gasteiger partial charge in [-0.1, -0.05) is 6.07 Å². The Kier molecular flexibility index (Phi) is 4.20. The van der Waals surface area contributed by atoms with Crippen LogP contribution in [0.3, 0.4) is 0 Å². The Hall–Kier alpha value is -1.44. The number of rotatable bonds is 4. The average molecular weight is 314 g/mol. The predicted molar refractivity (Wildman–Crippen MR) is 76.4 cm³/mol. The third-order valence-corrected chi connectivity index (χ3v) is 4.03. The lowest BCUT2D eigenvalue weighted by atomic mass is 10.0. The molecule has 3 rings (SSSR count). The molecule has 0 saturated carbocycles. The summed E-state index contributed by atoms with van der Waals surface area (Å²) in [7, 11) is 0. The summed E-state index contributed by atoms with van der Waals surface area (Å²) in [5, 5.41) is 10.3. The average Bonchev–Trinajstić information content (AvgIpc) is 2.84. The molecule has 2 aliphatic rings. The molecule has 0 bridgehead atoms. The van der Waals surface area contributed by atoms with Crippen LogP contribution in [0, 0.1) is 0 Å². The highest BCUT2D eigenvalue weighted by molar-refractivity contribution is 5.44. The molecule has 2 heterocycles. The molecule has 0 aromatic heterocycles. The van der Waals surface area contributed by atoms with Gasteiger partial charge in [-0.3, -0.25) is 4.90 Å². The number of benzene rings is 1. The first-order chi connectivity index (χ1) is 10.4. The topological polar surface area (TPSA) is 68.0 Å². The molecule has 5 nitrogen and oxygen atoms in total. The maximum absolute atomic E-state index is 13.2. The van der Waals surface area contributed by atoms with Gasteiger partial charge >= 0.3 is 0 Å². The summed E-state index contributed by atoms with van der Waals surface area (Å²) < 4.78 is 37.3. The molecule has 0 amide bonds. The van der Waals surface area contributed by atoms with Crippen LogP contribution in [0.5, 0.6) is 11.5 Å². The molecule has 1 saturated heterocycles. The number of likely N-dealkylation sites (tertiary alicyclic amines) is 1. The number of halogens is 2. The zero-order valence-corrected chi connectivity index (χ0v) is 12.2. The Morgan fingerprint density at radius 2 is 2.00 bits per heavy atom. The van der Waals surface area contributed by atoms with Gasteiger partial charge in [-0.2, -0.15) is 0 Å². The molecule has 3 N–H and O–H groups in total. The summed E-state index contributed by atoms with van der Waals surface area (Å²) in [6, 6.07) is 4.49. The predicted octanol–water partition coefficient (Wildman–Crippen LogP) is 1.16. The van der Waals surface area contributed by atoms with Gasteiger partial charge in [0.1, 0.15) is 13.2 Å². The highest BCUT2D eigenvalue weighted by atomic mass is 19.3. The maximum Gasteiger partial charge on any atom is 0.261 e. The first-order valence-corrected chi connectivity index (χ1v) is 7.38. The van der Waals surface area contributed by atoms with Crippen molar-refractivity contribution in [3.63, 3.8) is 0 Å². The van der Waals surface area contributed by atoms with Crippen LogP contribution >= 0.6 is 0 Å². The lowest BCUT2D eigenvalue weighted by molar-refractivity contribution is 0.00979. The van der Waals surface area contributed by atoms with E-state index in [0.717, 1.165) is 0 Å². The van der Waals surface area contributed by atoms with E-state index in [1.807, 2.05) is 0 Å². The largest absolute Gasteiger partial charge is 0.486 e. The molecule has 2 atom stereocenters. The van der Waals surface area contributed by atoms with Crippen LogP contribution in [0.25, 0.3) is 0 Å². The van der Waals surface area contributed by atoms with E-state index in [9.17, 15) is 13.9 Å². The van der Waals surface area contributed by atoms with Crippen molar-refractivity contribution in [1.82, 2.24) is 4.90 Å². The molecule has 0 unspecified atom stereocenters. The fourth-order valence-electron chi connectivity index (χ4n) is 2.85. The number of hydrogen-bond acceptors (Lipinski definition) is 5. The van der Waals surface area contributed by atoms with Crippen molar-refractivity contribution >= 4 is 0 Å². The van der Waals surface area contributed by atoms with Gasteiger partial charge < -0.3 is 20.3 Å². The van der Waals surface area contributed by atoms with Gasteiger partial charge in [0.05, 0.1) is 12.6 Å². The van der Waals surface area contributed by atoms with Gasteiger partial charge in [0.25, 0.3) is 5.92 Å². The number of aliphatic hydroxyl groups excluding tert-OH is 1. The van der Waals surface area contributed by atoms with E-state index >= 15 is 0 Å². The smallest absolute Gasteiger partial charge is 0.261 e. The van der Waals surface area contributed by atoms with Crippen molar-refractivity contribution in [3.8, 4) is 11.5 Å². The van der Waals surface area contributed by atoms with Crippen LogP contribution in [-0.4, -0.2) is 54.8 Å². The molecule has 2 aliphatic heterocycles. The number of aliphatic hydroxyl groups is 1. The van der Waals surface area contributed by atoms with Gasteiger partial charge in [-0.05, 0) is 17.7 Å². The van der Waals surface area contributed by atoms with Crippen LogP contribution in [0.4, 0.5) is 8.78 Å². The van der Waals surface area contributed by atoms with Crippen molar-refractivity contribution in [2.45, 2.75) is 24.5 Å². The molecule has 1 aromatic carbocycles. The number of hydrogen-bond donors (Lipinski definition) is 2. The summed E-state index contributed by atoms with van der Waals surface area (Å²) in [5.74, 6) is -1.44. The molecular weight excluding hydrogens is 294 g/mol. The van der Waals surface area contributed by atoms with E-state index in [2.05, 4.69) is 0 Å². The van der Waals surface area contributed by atoms with Crippen molar-refractivity contribution in [3.05, 3.63) is 23.8 Å². The fourth-order valence-corrected chi connectivity index (χ4v) is 2.85. The van der Waals surface area contributed by atoms with E-state index in [1.165, 1.54) is 0 Å². The highest BCUT2D eigenvalue weighted by Crippen LogP contribution is 2.33. The van der Waals surface area contributed by atoms with E-state index < -0.39 is 18.1 Å². The van der Waals surface area contributed by atoms with E-state index in [-0.39, 0.29) is 19.5 Å². The number of ether oxygens (including phenoxy) is 2. The minimum absolute atomic E-state index is 0.153. The minimum Gasteiger partial charge on any atom is -0.486 e. The fraction of sp³-hybridized carbons (Fsp3) is 0.600. The summed E-state index contributed by atoms with van der Waals surface area (Å²) in [6.07, 6.45) is -1.09. The summed E-state index contributed by atoms with van der Waals surface area (Å²) in [6.45, 7) is 1.19. The Bertz CT molecular complexity index is 542. The Balaban J connectivity index is 1.64. The summed E-state index contributed by atoms with van der Waals surface area (Å²) in [5.41, 5.74) is 6.58. The molecular formula is C15H20F2N2O3. The van der Waals surface area contributed by atoms with Crippen molar-refractivity contribution in [1.29, 1.82) is 0 Å². The molecule has 122 valence electrons. The zero-order chi connectivity index (χ0) is 15.7. The lowest BCUT2D eigenvalue weighted by Gasteiger charge is -2.26. The first kappa shape index (κ1) is 15.5. The molecule has 0 aliphatic carbocycles. The van der Waals surface area contributed by atoms with Crippen LogP contribution < -0.4 is 15.2 Å². The third kappa shape index (κ3) is 3.31. The molecule has 1 aromatic rings. The monoisotopic (exact) mass is 314 g/mol. The van der Waals surface area contributed by atoms with E-state index in [4.69, 9.17) is 15.2 Å². The van der Waals surface area contributed by atoms with Crippen molar-refractivity contribution < 1.29 is 23.4 Å². The Labute approximate surface area is 127 Å². The Morgan fingerprint density at radius 1 is 1.27 bits per heavy atom. The normalized spacial score (nSPS) is 23.3. The van der Waals surface area contributed by atoms with Gasteiger partial charge in [0.15, 0.2) is 11.5 Å². The van der Waals surface area contributed by atoms with Crippen molar-refractivity contribution in [2.75, 3.05) is 32.8 Å². The standard InChI is InChI=1S/C15H20F2N2O3/c16-15(17)3-4-19(9-15)8-11(18)14(20)10-1-2-12-13(7-10)22-6-5-21-12/h1-2,7,11,14,20H,3-6,8-9,18H2/t11-,14-/m1/s1. The summed E-state index contributed by atoms with van der Waals surface area (Å²) in [4.78, 5) is 1.59. The van der Waals surface area contributed by atoms with Gasteiger partial charge in [-0.25, -0.2) is 8.78 Å². The molecule has 22 heavy (non-hydrogen) atoms. The second-order valence-electron chi connectivity index (χ2n) is 5.85. The molecule has 0 spiro atoms.